The van der Waals surface area contributed by atoms with Crippen molar-refractivity contribution in [2.45, 2.75) is 24.0 Å². The minimum atomic E-state index is -2.98. The molecule has 0 spiro atoms. The number of aliphatic hydroxyl groups is 2. The molecule has 0 saturated heterocycles. The van der Waals surface area contributed by atoms with Crippen LogP contribution in [0.1, 0.15) is 23.2 Å². The van der Waals surface area contributed by atoms with Crippen molar-refractivity contribution in [2.75, 3.05) is 12.4 Å². The fraction of sp³-hybridized carbons (Fsp3) is 0.357. The van der Waals surface area contributed by atoms with Crippen LogP contribution in [0.15, 0.2) is 33.0 Å². The van der Waals surface area contributed by atoms with Crippen molar-refractivity contribution >= 4 is 17.5 Å². The maximum atomic E-state index is 13.3. The van der Waals surface area contributed by atoms with Gasteiger partial charge in [0.25, 0.3) is 6.43 Å². The van der Waals surface area contributed by atoms with Crippen LogP contribution in [0.3, 0.4) is 0 Å². The molecule has 25 heavy (non-hydrogen) atoms. The molecule has 1 aromatic carbocycles. The Bertz CT molecular complexity index is 742. The lowest BCUT2D eigenvalue weighted by atomic mass is 10.0. The lowest BCUT2D eigenvalue weighted by Gasteiger charge is -2.07. The monoisotopic (exact) mass is 377 g/mol. The van der Waals surface area contributed by atoms with Crippen LogP contribution in [0.25, 0.3) is 0 Å². The van der Waals surface area contributed by atoms with Crippen LogP contribution in [-0.4, -0.2) is 49.9 Å². The molecule has 1 atom stereocenters. The molecule has 1 heterocycles. The molecule has 3 N–H and O–H groups in total. The average molecular weight is 377 g/mol. The first-order valence-corrected chi connectivity index (χ1v) is 7.96. The number of oxime groups is 1. The first kappa shape index (κ1) is 19.2. The molecule has 0 radical (unpaired) electrons. The Hall–Kier alpha value is -2.11. The zero-order chi connectivity index (χ0) is 18.4. The molecule has 0 bridgehead atoms. The number of hydrogen-bond donors (Lipinski definition) is 3. The number of aromatic nitrogens is 2. The molecule has 11 heteroatoms. The minimum Gasteiger partial charge on any atom is -0.411 e. The number of rotatable bonds is 8. The number of halogens is 3. The molecule has 2 aromatic rings. The highest BCUT2D eigenvalue weighted by molar-refractivity contribution is 7.99. The van der Waals surface area contributed by atoms with E-state index in [-0.39, 0.29) is 34.2 Å². The SMILES string of the molecule is OC[C@@H](O)CSc1nonc1/C(Cc1ccc(F)c(C(F)F)c1)=N/O. The Kier molecular flexibility index (Phi) is 6.79. The average Bonchev–Trinajstić information content (AvgIpc) is 3.06. The maximum absolute atomic E-state index is 13.3. The third-order valence-electron chi connectivity index (χ3n) is 3.14. The van der Waals surface area contributed by atoms with E-state index < -0.39 is 30.5 Å². The number of alkyl halides is 2. The van der Waals surface area contributed by atoms with E-state index in [2.05, 4.69) is 20.1 Å². The highest BCUT2D eigenvalue weighted by Crippen LogP contribution is 2.25. The van der Waals surface area contributed by atoms with Crippen LogP contribution in [0.4, 0.5) is 13.2 Å². The fourth-order valence-corrected chi connectivity index (χ4v) is 2.74. The molecule has 1 aromatic heterocycles. The van der Waals surface area contributed by atoms with Crippen molar-refractivity contribution in [1.82, 2.24) is 10.3 Å². The van der Waals surface area contributed by atoms with Crippen LogP contribution >= 0.6 is 11.8 Å². The first-order chi connectivity index (χ1) is 12.0. The van der Waals surface area contributed by atoms with E-state index in [0.29, 0.717) is 0 Å². The van der Waals surface area contributed by atoms with Crippen molar-refractivity contribution in [3.63, 3.8) is 0 Å². The second-order valence-electron chi connectivity index (χ2n) is 4.95. The smallest absolute Gasteiger partial charge is 0.266 e. The summed E-state index contributed by atoms with van der Waals surface area (Å²) in [6, 6.07) is 3.16. The second kappa shape index (κ2) is 8.83. The summed E-state index contributed by atoms with van der Waals surface area (Å²) in [4.78, 5) is 0. The van der Waals surface area contributed by atoms with E-state index in [1.165, 1.54) is 6.07 Å². The summed E-state index contributed by atoms with van der Waals surface area (Å²) in [5.74, 6) is -0.943. The molecule has 136 valence electrons. The van der Waals surface area contributed by atoms with Gasteiger partial charge < -0.3 is 15.4 Å². The molecule has 2 rings (SSSR count). The van der Waals surface area contributed by atoms with E-state index in [9.17, 15) is 23.5 Å². The summed E-state index contributed by atoms with van der Waals surface area (Å²) in [6.45, 7) is -0.444. The maximum Gasteiger partial charge on any atom is 0.266 e. The Morgan fingerprint density at radius 3 is 2.72 bits per heavy atom. The fourth-order valence-electron chi connectivity index (χ4n) is 1.91. The van der Waals surface area contributed by atoms with Gasteiger partial charge in [-0.2, -0.15) is 0 Å². The molecule has 0 fully saturated rings. The van der Waals surface area contributed by atoms with E-state index in [4.69, 9.17) is 5.11 Å². The van der Waals surface area contributed by atoms with Crippen LogP contribution in [0, 0.1) is 5.82 Å². The first-order valence-electron chi connectivity index (χ1n) is 6.98. The normalized spacial score (nSPS) is 13.4. The number of hydrogen-bond acceptors (Lipinski definition) is 8. The van der Waals surface area contributed by atoms with Gasteiger partial charge in [0.1, 0.15) is 11.5 Å². The van der Waals surface area contributed by atoms with Crippen molar-refractivity contribution < 1.29 is 33.2 Å². The summed E-state index contributed by atoms with van der Waals surface area (Å²) < 4.78 is 43.5. The number of aliphatic hydroxyl groups excluding tert-OH is 2. The van der Waals surface area contributed by atoms with Gasteiger partial charge in [0.2, 0.25) is 0 Å². The molecular formula is C14H14F3N3O4S. The number of thioether (sulfide) groups is 1. The Morgan fingerprint density at radius 2 is 2.08 bits per heavy atom. The van der Waals surface area contributed by atoms with Crippen molar-refractivity contribution in [2.24, 2.45) is 5.16 Å². The quantitative estimate of drug-likeness (QED) is 0.279. The standard InChI is InChI=1S/C14H14F3N3O4S/c15-10-2-1-7(3-9(10)13(16)17)4-11(18-23)12-14(20-24-19-12)25-6-8(22)5-21/h1-3,8,13,21-23H,4-6H2/b18-11+/t8-/m1/s1. The lowest BCUT2D eigenvalue weighted by molar-refractivity contribution is 0.113. The summed E-state index contributed by atoms with van der Waals surface area (Å²) in [5.41, 5.74) is -0.456. The topological polar surface area (TPSA) is 112 Å². The third-order valence-corrected chi connectivity index (χ3v) is 4.24. The molecule has 0 aliphatic heterocycles. The van der Waals surface area contributed by atoms with Gasteiger partial charge in [-0.05, 0) is 28.0 Å². The Labute approximate surface area is 144 Å². The Morgan fingerprint density at radius 1 is 1.32 bits per heavy atom. The summed E-state index contributed by atoms with van der Waals surface area (Å²) in [6.07, 6.45) is -4.09. The lowest BCUT2D eigenvalue weighted by Crippen LogP contribution is -2.15. The summed E-state index contributed by atoms with van der Waals surface area (Å²) >= 11 is 1.00. The van der Waals surface area contributed by atoms with Gasteiger partial charge in [0.05, 0.1) is 18.3 Å². The van der Waals surface area contributed by atoms with Crippen molar-refractivity contribution in [3.8, 4) is 0 Å². The predicted octanol–water partition coefficient (Wildman–Crippen LogP) is 2.01. The van der Waals surface area contributed by atoms with E-state index >= 15 is 0 Å². The van der Waals surface area contributed by atoms with Crippen LogP contribution in [0.5, 0.6) is 0 Å². The summed E-state index contributed by atoms with van der Waals surface area (Å²) in [5, 5.41) is 37.8. The summed E-state index contributed by atoms with van der Waals surface area (Å²) in [7, 11) is 0. The molecule has 0 aliphatic rings. The van der Waals surface area contributed by atoms with Gasteiger partial charge >= 0.3 is 0 Å². The molecular weight excluding hydrogens is 363 g/mol. The van der Waals surface area contributed by atoms with Crippen molar-refractivity contribution in [1.29, 1.82) is 0 Å². The molecule has 7 nitrogen and oxygen atoms in total. The zero-order valence-electron chi connectivity index (χ0n) is 12.6. The van der Waals surface area contributed by atoms with E-state index in [1.807, 2.05) is 0 Å². The highest BCUT2D eigenvalue weighted by atomic mass is 32.2. The molecule has 0 unspecified atom stereocenters. The zero-order valence-corrected chi connectivity index (χ0v) is 13.5. The van der Waals surface area contributed by atoms with E-state index in [1.54, 1.807) is 0 Å². The molecule has 0 aliphatic carbocycles. The molecule has 0 saturated carbocycles. The van der Waals surface area contributed by atoms with Crippen molar-refractivity contribution in [3.05, 3.63) is 40.8 Å². The molecule has 0 amide bonds. The van der Waals surface area contributed by atoms with Gasteiger partial charge in [0, 0.05) is 12.2 Å². The van der Waals surface area contributed by atoms with Crippen LogP contribution in [0.2, 0.25) is 0 Å². The minimum absolute atomic E-state index is 0.0333. The Balaban J connectivity index is 2.19. The van der Waals surface area contributed by atoms with Gasteiger partial charge in [-0.25, -0.2) is 17.8 Å². The van der Waals surface area contributed by atoms with Gasteiger partial charge in [-0.15, -0.1) is 0 Å². The number of benzene rings is 1. The van der Waals surface area contributed by atoms with Crippen LogP contribution < -0.4 is 0 Å². The van der Waals surface area contributed by atoms with Gasteiger partial charge in [-0.3, -0.25) is 0 Å². The highest BCUT2D eigenvalue weighted by Gasteiger charge is 2.21. The predicted molar refractivity (Wildman–Crippen MR) is 81.5 cm³/mol. The number of nitrogens with zero attached hydrogens (tertiary/aromatic N) is 3. The third kappa shape index (κ3) is 4.94. The second-order valence-corrected chi connectivity index (χ2v) is 5.95. The van der Waals surface area contributed by atoms with Crippen LogP contribution in [-0.2, 0) is 6.42 Å². The van der Waals surface area contributed by atoms with Gasteiger partial charge in [0.15, 0.2) is 10.7 Å². The largest absolute Gasteiger partial charge is 0.411 e. The van der Waals surface area contributed by atoms with Gasteiger partial charge in [-0.1, -0.05) is 23.0 Å². The van der Waals surface area contributed by atoms with E-state index in [0.717, 1.165) is 23.9 Å².